The number of carbonyl (C=O) groups excluding carboxylic acids is 1. The maximum absolute atomic E-state index is 11.4. The van der Waals surface area contributed by atoms with Crippen molar-refractivity contribution in [3.05, 3.63) is 107 Å². The van der Waals surface area contributed by atoms with Crippen LogP contribution in [0.5, 0.6) is 0 Å². The molecule has 2 aromatic carbocycles. The number of allylic oxidation sites excluding steroid dienone is 5. The van der Waals surface area contributed by atoms with Crippen LogP contribution in [-0.4, -0.2) is 12.1 Å². The molecule has 0 saturated carbocycles. The van der Waals surface area contributed by atoms with E-state index < -0.39 is 12.1 Å². The van der Waals surface area contributed by atoms with Gasteiger partial charge in [-0.25, -0.2) is 4.79 Å². The van der Waals surface area contributed by atoms with Crippen LogP contribution >= 0.6 is 0 Å². The second-order valence-electron chi connectivity index (χ2n) is 8.28. The van der Waals surface area contributed by atoms with E-state index in [1.807, 2.05) is 6.08 Å². The predicted octanol–water partition coefficient (Wildman–Crippen LogP) is 7.11. The van der Waals surface area contributed by atoms with Gasteiger partial charge in [0.25, 0.3) is 0 Å². The summed E-state index contributed by atoms with van der Waals surface area (Å²) in [5.74, 6) is 2.02. The zero-order chi connectivity index (χ0) is 23.8. The maximum Gasteiger partial charge on any atom is 0.331 e. The number of aryl methyl sites for hydroxylation is 2. The molecule has 0 amide bonds. The van der Waals surface area contributed by atoms with E-state index in [4.69, 9.17) is 11.2 Å². The molecule has 1 atom stereocenters. The highest BCUT2D eigenvalue weighted by molar-refractivity contribution is 5.81. The highest BCUT2D eigenvalue weighted by Crippen LogP contribution is 2.35. The summed E-state index contributed by atoms with van der Waals surface area (Å²) in [5.41, 5.74) is 8.45. The van der Waals surface area contributed by atoms with Gasteiger partial charge in [-0.15, -0.1) is 6.42 Å². The number of esters is 1. The molecule has 0 fully saturated rings. The average molecular weight is 438 g/mol. The second kappa shape index (κ2) is 11.2. The number of rotatable bonds is 8. The van der Waals surface area contributed by atoms with Crippen molar-refractivity contribution < 1.29 is 9.53 Å². The van der Waals surface area contributed by atoms with Gasteiger partial charge in [-0.05, 0) is 69.5 Å². The molecule has 0 aliphatic heterocycles. The lowest BCUT2D eigenvalue weighted by Gasteiger charge is -2.30. The SMILES string of the molecule is C#CC(CC=C(C)C1=CC=C(N(c2ccc(C)cc2)c2ccc(C)cc2)CC1)OC(=O)C=C. The minimum absolute atomic E-state index is 0.481. The molecule has 1 aliphatic carbocycles. The summed E-state index contributed by atoms with van der Waals surface area (Å²) in [7, 11) is 0. The number of hydrogen-bond donors (Lipinski definition) is 0. The van der Waals surface area contributed by atoms with Gasteiger partial charge in [0.15, 0.2) is 6.10 Å². The van der Waals surface area contributed by atoms with Crippen molar-refractivity contribution in [3.63, 3.8) is 0 Å². The van der Waals surface area contributed by atoms with Crippen LogP contribution in [0.15, 0.2) is 96.3 Å². The molecular formula is C30H31NO2. The minimum Gasteiger partial charge on any atom is -0.446 e. The fourth-order valence-electron chi connectivity index (χ4n) is 3.76. The molecule has 0 heterocycles. The van der Waals surface area contributed by atoms with Crippen molar-refractivity contribution in [2.75, 3.05) is 4.90 Å². The van der Waals surface area contributed by atoms with Gasteiger partial charge in [0.2, 0.25) is 0 Å². The molecule has 2 aromatic rings. The van der Waals surface area contributed by atoms with Gasteiger partial charge in [0.1, 0.15) is 0 Å². The number of terminal acetylenes is 1. The van der Waals surface area contributed by atoms with Gasteiger partial charge >= 0.3 is 5.97 Å². The molecule has 3 heteroatoms. The Labute approximate surface area is 197 Å². The van der Waals surface area contributed by atoms with Crippen LogP contribution in [0.3, 0.4) is 0 Å². The van der Waals surface area contributed by atoms with Crippen LogP contribution in [0.2, 0.25) is 0 Å². The lowest BCUT2D eigenvalue weighted by molar-refractivity contribution is -0.140. The number of nitrogens with zero attached hydrogens (tertiary/aromatic N) is 1. The summed E-state index contributed by atoms with van der Waals surface area (Å²) < 4.78 is 5.17. The van der Waals surface area contributed by atoms with Gasteiger partial charge in [0, 0.05) is 29.6 Å². The third-order valence-electron chi connectivity index (χ3n) is 5.75. The quantitative estimate of drug-likeness (QED) is 0.250. The Morgan fingerprint density at radius 3 is 2.09 bits per heavy atom. The molecule has 0 aromatic heterocycles. The fourth-order valence-corrected chi connectivity index (χ4v) is 3.76. The molecule has 33 heavy (non-hydrogen) atoms. The monoisotopic (exact) mass is 437 g/mol. The summed E-state index contributed by atoms with van der Waals surface area (Å²) >= 11 is 0. The van der Waals surface area contributed by atoms with Crippen LogP contribution < -0.4 is 4.90 Å². The van der Waals surface area contributed by atoms with E-state index >= 15 is 0 Å². The van der Waals surface area contributed by atoms with Crippen LogP contribution in [0.4, 0.5) is 11.4 Å². The Hall–Kier alpha value is -3.77. The molecule has 1 unspecified atom stereocenters. The first kappa shape index (κ1) is 23.9. The van der Waals surface area contributed by atoms with E-state index in [9.17, 15) is 4.79 Å². The van der Waals surface area contributed by atoms with Gasteiger partial charge in [-0.1, -0.05) is 65.6 Å². The topological polar surface area (TPSA) is 29.5 Å². The number of anilines is 2. The highest BCUT2D eigenvalue weighted by atomic mass is 16.5. The van der Waals surface area contributed by atoms with Gasteiger partial charge in [0.05, 0.1) is 0 Å². The molecular weight excluding hydrogens is 406 g/mol. The molecule has 3 nitrogen and oxygen atoms in total. The summed E-state index contributed by atoms with van der Waals surface area (Å²) in [4.78, 5) is 13.7. The number of hydrogen-bond acceptors (Lipinski definition) is 3. The van der Waals surface area contributed by atoms with Gasteiger partial charge in [-0.2, -0.15) is 0 Å². The van der Waals surface area contributed by atoms with Crippen LogP contribution in [-0.2, 0) is 9.53 Å². The molecule has 0 radical (unpaired) electrons. The smallest absolute Gasteiger partial charge is 0.331 e. The molecule has 168 valence electrons. The molecule has 0 saturated heterocycles. The fraction of sp³-hybridized carbons (Fsp3) is 0.233. The van der Waals surface area contributed by atoms with Crippen molar-refractivity contribution in [2.24, 2.45) is 0 Å². The van der Waals surface area contributed by atoms with Gasteiger partial charge in [-0.3, -0.25) is 0 Å². The summed E-state index contributed by atoms with van der Waals surface area (Å²) in [6.07, 6.45) is 14.8. The Bertz CT molecular complexity index is 1080. The third-order valence-corrected chi connectivity index (χ3v) is 5.75. The van der Waals surface area contributed by atoms with Crippen LogP contribution in [0.25, 0.3) is 0 Å². The van der Waals surface area contributed by atoms with E-state index in [1.54, 1.807) is 0 Å². The Kier molecular flexibility index (Phi) is 8.11. The van der Waals surface area contributed by atoms with Crippen molar-refractivity contribution in [2.45, 2.75) is 46.1 Å². The molecule has 0 N–H and O–H groups in total. The van der Waals surface area contributed by atoms with Crippen molar-refractivity contribution in [1.29, 1.82) is 0 Å². The Morgan fingerprint density at radius 2 is 1.64 bits per heavy atom. The van der Waals surface area contributed by atoms with E-state index in [0.717, 1.165) is 35.9 Å². The average Bonchev–Trinajstić information content (AvgIpc) is 2.84. The van der Waals surface area contributed by atoms with E-state index in [1.165, 1.54) is 22.4 Å². The lowest BCUT2D eigenvalue weighted by atomic mass is 9.94. The summed E-state index contributed by atoms with van der Waals surface area (Å²) in [6, 6.07) is 17.3. The number of ether oxygens (including phenoxy) is 1. The molecule has 1 aliphatic rings. The maximum atomic E-state index is 11.4. The highest BCUT2D eigenvalue weighted by Gasteiger charge is 2.18. The zero-order valence-corrected chi connectivity index (χ0v) is 19.7. The third kappa shape index (κ3) is 6.37. The van der Waals surface area contributed by atoms with Crippen molar-refractivity contribution >= 4 is 17.3 Å². The standard InChI is InChI=1S/C30H31NO2/c1-6-29(33-30(32)7-2)21-12-24(5)25-13-19-28(20-14-25)31(26-15-8-22(3)9-16-26)27-17-10-23(4)11-18-27/h1,7-13,15-19,29H,2,14,20-21H2,3-5H3. The predicted molar refractivity (Wildman–Crippen MR) is 137 cm³/mol. The van der Waals surface area contributed by atoms with Crippen molar-refractivity contribution in [3.8, 4) is 12.3 Å². The Balaban J connectivity index is 1.83. The Morgan fingerprint density at radius 1 is 1.06 bits per heavy atom. The van der Waals surface area contributed by atoms with Gasteiger partial charge < -0.3 is 9.64 Å². The number of benzene rings is 2. The first-order valence-corrected chi connectivity index (χ1v) is 11.2. The molecule has 0 spiro atoms. The lowest BCUT2D eigenvalue weighted by Crippen LogP contribution is -2.18. The molecule has 0 bridgehead atoms. The summed E-state index contributed by atoms with van der Waals surface area (Å²) in [5, 5.41) is 0. The first-order valence-electron chi connectivity index (χ1n) is 11.2. The first-order chi connectivity index (χ1) is 15.9. The van der Waals surface area contributed by atoms with E-state index in [2.05, 4.69) is 98.9 Å². The van der Waals surface area contributed by atoms with Crippen LogP contribution in [0.1, 0.15) is 37.3 Å². The largest absolute Gasteiger partial charge is 0.446 e. The van der Waals surface area contributed by atoms with E-state index in [-0.39, 0.29) is 0 Å². The van der Waals surface area contributed by atoms with E-state index in [0.29, 0.717) is 6.42 Å². The second-order valence-corrected chi connectivity index (χ2v) is 8.28. The number of carbonyl (C=O) groups is 1. The minimum atomic E-state index is -0.584. The summed E-state index contributed by atoms with van der Waals surface area (Å²) in [6.45, 7) is 9.70. The van der Waals surface area contributed by atoms with Crippen molar-refractivity contribution in [1.82, 2.24) is 0 Å². The zero-order valence-electron chi connectivity index (χ0n) is 19.7. The normalized spacial score (nSPS) is 14.4. The van der Waals surface area contributed by atoms with Crippen LogP contribution in [0, 0.1) is 26.2 Å². The molecule has 3 rings (SSSR count).